The van der Waals surface area contributed by atoms with Gasteiger partial charge in [0.05, 0.1) is 19.3 Å². The van der Waals surface area contributed by atoms with Gasteiger partial charge in [-0.25, -0.2) is 4.79 Å². The van der Waals surface area contributed by atoms with Crippen molar-refractivity contribution in [1.29, 1.82) is 0 Å². The number of hydrogen-bond acceptors (Lipinski definition) is 4. The van der Waals surface area contributed by atoms with Gasteiger partial charge in [0.2, 0.25) is 5.91 Å². The van der Waals surface area contributed by atoms with Crippen LogP contribution in [0.2, 0.25) is 0 Å². The van der Waals surface area contributed by atoms with Gasteiger partial charge in [-0.05, 0) is 30.9 Å². The molecule has 0 spiro atoms. The lowest BCUT2D eigenvalue weighted by atomic mass is 10.1. The fraction of sp³-hybridized carbons (Fsp3) is 0.556. The molecule has 25 heavy (non-hydrogen) atoms. The van der Waals surface area contributed by atoms with Crippen LogP contribution in [0, 0.1) is 0 Å². The minimum atomic E-state index is -0.232. The standard InChI is InChI=1S/C18H27N3O3S/c1-4-8-20(2)17(22)12-15-13-24-10-9-21(15)18(23)19-14-6-5-7-16(11-14)25-3/h5-7,11,15H,4,8-10,12-13H2,1-3H3,(H,19,23). The summed E-state index contributed by atoms with van der Waals surface area (Å²) >= 11 is 1.63. The summed E-state index contributed by atoms with van der Waals surface area (Å²) in [5.41, 5.74) is 0.761. The maximum Gasteiger partial charge on any atom is 0.322 e. The summed E-state index contributed by atoms with van der Waals surface area (Å²) < 4.78 is 5.49. The van der Waals surface area contributed by atoms with E-state index in [-0.39, 0.29) is 24.4 Å². The smallest absolute Gasteiger partial charge is 0.322 e. The Bertz CT molecular complexity index is 597. The van der Waals surface area contributed by atoms with Crippen LogP contribution in [0.25, 0.3) is 0 Å². The Labute approximate surface area is 153 Å². The number of ether oxygens (including phenoxy) is 1. The molecule has 3 amide bonds. The molecule has 0 aliphatic carbocycles. The number of benzene rings is 1. The monoisotopic (exact) mass is 365 g/mol. The predicted molar refractivity (Wildman–Crippen MR) is 101 cm³/mol. The lowest BCUT2D eigenvalue weighted by Crippen LogP contribution is -2.52. The van der Waals surface area contributed by atoms with Gasteiger partial charge in [0, 0.05) is 37.1 Å². The number of morpholine rings is 1. The number of carbonyl (C=O) groups excluding carboxylic acids is 2. The van der Waals surface area contributed by atoms with Crippen molar-refractivity contribution in [2.75, 3.05) is 44.9 Å². The SMILES string of the molecule is CCCN(C)C(=O)CC1COCCN1C(=O)Nc1cccc(SC)c1. The lowest BCUT2D eigenvalue weighted by Gasteiger charge is -2.36. The van der Waals surface area contributed by atoms with E-state index in [0.29, 0.717) is 19.8 Å². The molecule has 1 saturated heterocycles. The van der Waals surface area contributed by atoms with E-state index in [1.165, 1.54) is 0 Å². The van der Waals surface area contributed by atoms with Crippen LogP contribution in [-0.4, -0.2) is 67.4 Å². The molecule has 1 aliphatic rings. The second-order valence-corrected chi connectivity index (χ2v) is 6.98. The number of amides is 3. The quantitative estimate of drug-likeness (QED) is 0.788. The van der Waals surface area contributed by atoms with E-state index in [9.17, 15) is 9.59 Å². The molecule has 1 aliphatic heterocycles. The average molecular weight is 365 g/mol. The van der Waals surface area contributed by atoms with E-state index in [1.807, 2.05) is 37.4 Å². The fourth-order valence-corrected chi connectivity index (χ4v) is 3.26. The van der Waals surface area contributed by atoms with Crippen molar-refractivity contribution in [3.05, 3.63) is 24.3 Å². The first-order valence-electron chi connectivity index (χ1n) is 8.58. The Morgan fingerprint density at radius 2 is 2.24 bits per heavy atom. The maximum atomic E-state index is 12.7. The Kier molecular flexibility index (Phi) is 7.58. The Morgan fingerprint density at radius 3 is 2.96 bits per heavy atom. The molecule has 1 fully saturated rings. The van der Waals surface area contributed by atoms with Gasteiger partial charge in [-0.3, -0.25) is 4.79 Å². The van der Waals surface area contributed by atoms with Crippen LogP contribution in [0.1, 0.15) is 19.8 Å². The molecule has 0 radical (unpaired) electrons. The van der Waals surface area contributed by atoms with E-state index < -0.39 is 0 Å². The lowest BCUT2D eigenvalue weighted by molar-refractivity contribution is -0.132. The van der Waals surface area contributed by atoms with Gasteiger partial charge in [0.1, 0.15) is 0 Å². The maximum absolute atomic E-state index is 12.7. The van der Waals surface area contributed by atoms with Gasteiger partial charge in [-0.15, -0.1) is 11.8 Å². The molecule has 6 nitrogen and oxygen atoms in total. The van der Waals surface area contributed by atoms with E-state index in [4.69, 9.17) is 4.74 Å². The van der Waals surface area contributed by atoms with Gasteiger partial charge in [-0.1, -0.05) is 13.0 Å². The molecule has 0 aromatic heterocycles. The third-order valence-corrected chi connectivity index (χ3v) is 4.93. The molecule has 0 bridgehead atoms. The van der Waals surface area contributed by atoms with Crippen molar-refractivity contribution in [2.24, 2.45) is 0 Å². The summed E-state index contributed by atoms with van der Waals surface area (Å²) in [6.07, 6.45) is 3.20. The van der Waals surface area contributed by atoms with Crippen LogP contribution in [0.4, 0.5) is 10.5 Å². The summed E-state index contributed by atoms with van der Waals surface area (Å²) in [4.78, 5) is 29.5. The first kappa shape index (κ1) is 19.6. The highest BCUT2D eigenvalue weighted by molar-refractivity contribution is 7.98. The summed E-state index contributed by atoms with van der Waals surface area (Å²) in [7, 11) is 1.80. The van der Waals surface area contributed by atoms with Gasteiger partial charge in [0.25, 0.3) is 0 Å². The van der Waals surface area contributed by atoms with Gasteiger partial charge in [0.15, 0.2) is 0 Å². The minimum Gasteiger partial charge on any atom is -0.377 e. The third-order valence-electron chi connectivity index (χ3n) is 4.20. The summed E-state index contributed by atoms with van der Waals surface area (Å²) in [6.45, 7) is 4.14. The second kappa shape index (κ2) is 9.68. The zero-order valence-corrected chi connectivity index (χ0v) is 16.0. The normalized spacial score (nSPS) is 17.2. The molecule has 1 unspecified atom stereocenters. The van der Waals surface area contributed by atoms with Crippen molar-refractivity contribution in [3.8, 4) is 0 Å². The zero-order chi connectivity index (χ0) is 18.2. The van der Waals surface area contributed by atoms with E-state index in [2.05, 4.69) is 5.32 Å². The number of urea groups is 1. The Hall–Kier alpha value is -1.73. The number of anilines is 1. The number of carbonyl (C=O) groups is 2. The molecular formula is C18H27N3O3S. The van der Waals surface area contributed by atoms with Crippen LogP contribution < -0.4 is 5.32 Å². The van der Waals surface area contributed by atoms with Crippen molar-refractivity contribution < 1.29 is 14.3 Å². The molecule has 0 saturated carbocycles. The van der Waals surface area contributed by atoms with Crippen molar-refractivity contribution in [2.45, 2.75) is 30.7 Å². The highest BCUT2D eigenvalue weighted by atomic mass is 32.2. The van der Waals surface area contributed by atoms with Crippen LogP contribution in [0.15, 0.2) is 29.2 Å². The van der Waals surface area contributed by atoms with Gasteiger partial charge >= 0.3 is 6.03 Å². The number of hydrogen-bond donors (Lipinski definition) is 1. The molecule has 7 heteroatoms. The topological polar surface area (TPSA) is 61.9 Å². The highest BCUT2D eigenvalue weighted by Gasteiger charge is 2.30. The molecule has 1 aromatic rings. The fourth-order valence-electron chi connectivity index (χ4n) is 2.80. The van der Waals surface area contributed by atoms with Crippen LogP contribution >= 0.6 is 11.8 Å². The number of thioether (sulfide) groups is 1. The first-order valence-corrected chi connectivity index (χ1v) is 9.81. The third kappa shape index (κ3) is 5.64. The van der Waals surface area contributed by atoms with E-state index >= 15 is 0 Å². The van der Waals surface area contributed by atoms with E-state index in [1.54, 1.807) is 28.6 Å². The second-order valence-electron chi connectivity index (χ2n) is 6.10. The summed E-state index contributed by atoms with van der Waals surface area (Å²) in [6, 6.07) is 7.31. The van der Waals surface area contributed by atoms with E-state index in [0.717, 1.165) is 23.5 Å². The van der Waals surface area contributed by atoms with Gasteiger partial charge in [-0.2, -0.15) is 0 Å². The minimum absolute atomic E-state index is 0.0412. The van der Waals surface area contributed by atoms with Crippen molar-refractivity contribution in [3.63, 3.8) is 0 Å². The van der Waals surface area contributed by atoms with Crippen LogP contribution in [0.3, 0.4) is 0 Å². The molecule has 1 atom stereocenters. The number of nitrogens with zero attached hydrogens (tertiary/aromatic N) is 2. The van der Waals surface area contributed by atoms with Crippen molar-refractivity contribution in [1.82, 2.24) is 9.80 Å². The first-order chi connectivity index (χ1) is 12.0. The molecule has 2 rings (SSSR count). The molecule has 138 valence electrons. The Morgan fingerprint density at radius 1 is 1.44 bits per heavy atom. The molecule has 1 aromatic carbocycles. The number of nitrogens with one attached hydrogen (secondary N) is 1. The molecular weight excluding hydrogens is 338 g/mol. The van der Waals surface area contributed by atoms with Crippen LogP contribution in [-0.2, 0) is 9.53 Å². The highest BCUT2D eigenvalue weighted by Crippen LogP contribution is 2.20. The summed E-state index contributed by atoms with van der Waals surface area (Å²) in [5.74, 6) is 0.0412. The molecule has 1 heterocycles. The zero-order valence-electron chi connectivity index (χ0n) is 15.2. The van der Waals surface area contributed by atoms with Crippen molar-refractivity contribution >= 4 is 29.4 Å². The largest absolute Gasteiger partial charge is 0.377 e. The Balaban J connectivity index is 2.01. The van der Waals surface area contributed by atoms with Crippen LogP contribution in [0.5, 0.6) is 0 Å². The number of rotatable bonds is 6. The van der Waals surface area contributed by atoms with Gasteiger partial charge < -0.3 is 19.9 Å². The average Bonchev–Trinajstić information content (AvgIpc) is 2.62. The molecule has 1 N–H and O–H groups in total. The predicted octanol–water partition coefficient (Wildman–Crippen LogP) is 2.90. The summed E-state index contributed by atoms with van der Waals surface area (Å²) in [5, 5.41) is 2.94.